The number of benzene rings is 1. The molecular formula is C13H20N2O2. The van der Waals surface area contributed by atoms with Crippen LogP contribution in [0.25, 0.3) is 0 Å². The van der Waals surface area contributed by atoms with Crippen LogP contribution in [0.2, 0.25) is 0 Å². The summed E-state index contributed by atoms with van der Waals surface area (Å²) >= 11 is 0. The summed E-state index contributed by atoms with van der Waals surface area (Å²) in [5.41, 5.74) is 2.04. The van der Waals surface area contributed by atoms with Gasteiger partial charge in [-0.15, -0.1) is 0 Å². The van der Waals surface area contributed by atoms with Crippen molar-refractivity contribution in [3.8, 4) is 0 Å². The van der Waals surface area contributed by atoms with Crippen molar-refractivity contribution in [3.63, 3.8) is 0 Å². The summed E-state index contributed by atoms with van der Waals surface area (Å²) < 4.78 is 0. The van der Waals surface area contributed by atoms with Crippen molar-refractivity contribution < 1.29 is 9.90 Å². The summed E-state index contributed by atoms with van der Waals surface area (Å²) in [5.74, 6) is -0.102. The molecule has 1 amide bonds. The summed E-state index contributed by atoms with van der Waals surface area (Å²) in [6, 6.07) is 7.79. The Morgan fingerprint density at radius 1 is 1.35 bits per heavy atom. The van der Waals surface area contributed by atoms with Gasteiger partial charge < -0.3 is 15.7 Å². The lowest BCUT2D eigenvalue weighted by molar-refractivity contribution is -0.115. The van der Waals surface area contributed by atoms with Crippen LogP contribution in [-0.4, -0.2) is 30.2 Å². The molecule has 0 fully saturated rings. The molecule has 1 aromatic rings. The number of aliphatic hydroxyl groups excluding tert-OH is 1. The summed E-state index contributed by atoms with van der Waals surface area (Å²) in [4.78, 5) is 11.5. The van der Waals surface area contributed by atoms with Crippen molar-refractivity contribution >= 4 is 11.6 Å². The molecule has 4 nitrogen and oxygen atoms in total. The van der Waals surface area contributed by atoms with Gasteiger partial charge in [0.2, 0.25) is 5.91 Å². The van der Waals surface area contributed by atoms with Gasteiger partial charge in [0.1, 0.15) is 0 Å². The third-order valence-corrected chi connectivity index (χ3v) is 2.37. The highest BCUT2D eigenvalue weighted by atomic mass is 16.3. The molecule has 0 heterocycles. The summed E-state index contributed by atoms with van der Waals surface area (Å²) in [7, 11) is 0. The summed E-state index contributed by atoms with van der Waals surface area (Å²) in [6.45, 7) is 4.39. The summed E-state index contributed by atoms with van der Waals surface area (Å²) in [6.07, 6.45) is 0.552. The first kappa shape index (κ1) is 13.7. The lowest BCUT2D eigenvalue weighted by Gasteiger charge is -2.08. The van der Waals surface area contributed by atoms with Gasteiger partial charge in [0, 0.05) is 12.2 Å². The molecule has 0 radical (unpaired) electrons. The predicted octanol–water partition coefficient (Wildman–Crippen LogP) is 1.16. The molecule has 1 rings (SSSR count). The van der Waals surface area contributed by atoms with Gasteiger partial charge in [0.05, 0.1) is 12.6 Å². The number of aryl methyl sites for hydroxylation is 1. The minimum Gasteiger partial charge on any atom is -0.392 e. The molecule has 94 valence electrons. The molecule has 0 aliphatic heterocycles. The minimum atomic E-state index is -0.438. The van der Waals surface area contributed by atoms with Crippen LogP contribution in [0.5, 0.6) is 0 Å². The van der Waals surface area contributed by atoms with Crippen LogP contribution >= 0.6 is 0 Å². The topological polar surface area (TPSA) is 61.4 Å². The molecule has 0 bridgehead atoms. The second kappa shape index (κ2) is 7.04. The average molecular weight is 236 g/mol. The van der Waals surface area contributed by atoms with Crippen molar-refractivity contribution in [2.75, 3.05) is 18.4 Å². The zero-order valence-electron chi connectivity index (χ0n) is 10.4. The van der Waals surface area contributed by atoms with E-state index >= 15 is 0 Å². The number of amides is 1. The maximum absolute atomic E-state index is 11.5. The fourth-order valence-electron chi connectivity index (χ4n) is 1.42. The first-order valence-corrected chi connectivity index (χ1v) is 5.89. The molecule has 0 aliphatic carbocycles. The zero-order valence-corrected chi connectivity index (χ0v) is 10.4. The van der Waals surface area contributed by atoms with Gasteiger partial charge in [-0.25, -0.2) is 0 Å². The second-order valence-corrected chi connectivity index (χ2v) is 4.08. The van der Waals surface area contributed by atoms with Gasteiger partial charge in [0.15, 0.2) is 0 Å². The van der Waals surface area contributed by atoms with Crippen molar-refractivity contribution in [2.45, 2.75) is 26.4 Å². The lowest BCUT2D eigenvalue weighted by atomic mass is 10.1. The highest BCUT2D eigenvalue weighted by Crippen LogP contribution is 2.09. The number of anilines is 1. The molecule has 17 heavy (non-hydrogen) atoms. The van der Waals surface area contributed by atoms with Crippen molar-refractivity contribution in [3.05, 3.63) is 29.8 Å². The highest BCUT2D eigenvalue weighted by Gasteiger charge is 2.02. The van der Waals surface area contributed by atoms with Crippen LogP contribution in [-0.2, 0) is 11.2 Å². The van der Waals surface area contributed by atoms with E-state index in [2.05, 4.69) is 17.6 Å². The van der Waals surface area contributed by atoms with Gasteiger partial charge in [-0.1, -0.05) is 19.1 Å². The van der Waals surface area contributed by atoms with E-state index < -0.39 is 6.10 Å². The van der Waals surface area contributed by atoms with E-state index in [0.717, 1.165) is 12.1 Å². The number of hydrogen-bond acceptors (Lipinski definition) is 3. The highest BCUT2D eigenvalue weighted by molar-refractivity contribution is 5.92. The molecular weight excluding hydrogens is 216 g/mol. The monoisotopic (exact) mass is 236 g/mol. The molecule has 0 aliphatic rings. The lowest BCUT2D eigenvalue weighted by Crippen LogP contribution is -2.32. The minimum absolute atomic E-state index is 0.102. The average Bonchev–Trinajstić information content (AvgIpc) is 2.29. The fraction of sp³-hybridized carbons (Fsp3) is 0.462. The molecule has 3 N–H and O–H groups in total. The third kappa shape index (κ3) is 5.47. The van der Waals surface area contributed by atoms with Crippen molar-refractivity contribution in [1.29, 1.82) is 0 Å². The van der Waals surface area contributed by atoms with Crippen LogP contribution in [0.1, 0.15) is 19.4 Å². The number of rotatable bonds is 6. The largest absolute Gasteiger partial charge is 0.392 e. The van der Waals surface area contributed by atoms with Crippen LogP contribution in [0.15, 0.2) is 24.3 Å². The first-order valence-electron chi connectivity index (χ1n) is 5.89. The SMILES string of the molecule is CCc1ccc(NC(=O)CNC[C@@H](C)O)cc1. The Kier molecular flexibility index (Phi) is 5.66. The maximum atomic E-state index is 11.5. The van der Waals surface area contributed by atoms with Gasteiger partial charge >= 0.3 is 0 Å². The Morgan fingerprint density at radius 3 is 2.53 bits per heavy atom. The smallest absolute Gasteiger partial charge is 0.238 e. The summed E-state index contributed by atoms with van der Waals surface area (Å²) in [5, 5.41) is 14.7. The van der Waals surface area contributed by atoms with Gasteiger partial charge in [-0.2, -0.15) is 0 Å². The first-order chi connectivity index (χ1) is 8.11. The van der Waals surface area contributed by atoms with Crippen molar-refractivity contribution in [2.24, 2.45) is 0 Å². The Balaban J connectivity index is 2.34. The van der Waals surface area contributed by atoms with Crippen LogP contribution < -0.4 is 10.6 Å². The Morgan fingerprint density at radius 2 is 2.00 bits per heavy atom. The van der Waals surface area contributed by atoms with Crippen LogP contribution in [0.4, 0.5) is 5.69 Å². The van der Waals surface area contributed by atoms with Crippen LogP contribution in [0.3, 0.4) is 0 Å². The van der Waals surface area contributed by atoms with E-state index in [1.54, 1.807) is 6.92 Å². The standard InChI is InChI=1S/C13H20N2O2/c1-3-11-4-6-12(7-5-11)15-13(17)9-14-8-10(2)16/h4-7,10,14,16H,3,8-9H2,1-2H3,(H,15,17)/t10-/m1/s1. The van der Waals surface area contributed by atoms with Gasteiger partial charge in [0.25, 0.3) is 0 Å². The van der Waals surface area contributed by atoms with E-state index in [9.17, 15) is 4.79 Å². The molecule has 4 heteroatoms. The van der Waals surface area contributed by atoms with Gasteiger partial charge in [-0.05, 0) is 31.0 Å². The quantitative estimate of drug-likeness (QED) is 0.694. The van der Waals surface area contributed by atoms with Gasteiger partial charge in [-0.3, -0.25) is 4.79 Å². The molecule has 1 aromatic carbocycles. The Hall–Kier alpha value is -1.39. The third-order valence-electron chi connectivity index (χ3n) is 2.37. The van der Waals surface area contributed by atoms with E-state index in [1.807, 2.05) is 24.3 Å². The Labute approximate surface area is 102 Å². The number of nitrogens with one attached hydrogen (secondary N) is 2. The number of carbonyl (C=O) groups excluding carboxylic acids is 1. The molecule has 0 unspecified atom stereocenters. The number of carbonyl (C=O) groups is 1. The van der Waals surface area contributed by atoms with E-state index in [-0.39, 0.29) is 12.5 Å². The maximum Gasteiger partial charge on any atom is 0.238 e. The van der Waals surface area contributed by atoms with E-state index in [4.69, 9.17) is 5.11 Å². The van der Waals surface area contributed by atoms with E-state index in [1.165, 1.54) is 5.56 Å². The zero-order chi connectivity index (χ0) is 12.7. The number of aliphatic hydroxyl groups is 1. The fourth-order valence-corrected chi connectivity index (χ4v) is 1.42. The normalized spacial score (nSPS) is 12.2. The molecule has 0 saturated heterocycles. The molecule has 1 atom stereocenters. The Bertz CT molecular complexity index is 347. The molecule has 0 saturated carbocycles. The van der Waals surface area contributed by atoms with Crippen LogP contribution in [0, 0.1) is 0 Å². The second-order valence-electron chi connectivity index (χ2n) is 4.08. The predicted molar refractivity (Wildman–Crippen MR) is 69.0 cm³/mol. The van der Waals surface area contributed by atoms with E-state index in [0.29, 0.717) is 6.54 Å². The van der Waals surface area contributed by atoms with Crippen molar-refractivity contribution in [1.82, 2.24) is 5.32 Å². The molecule has 0 aromatic heterocycles. The molecule has 0 spiro atoms. The number of hydrogen-bond donors (Lipinski definition) is 3.